The minimum absolute atomic E-state index is 0.00281. The van der Waals surface area contributed by atoms with Crippen molar-refractivity contribution in [2.75, 3.05) is 17.2 Å². The van der Waals surface area contributed by atoms with E-state index in [4.69, 9.17) is 4.74 Å². The van der Waals surface area contributed by atoms with Crippen LogP contribution < -0.4 is 16.0 Å². The number of hydrogen-bond acceptors (Lipinski definition) is 5. The predicted molar refractivity (Wildman–Crippen MR) is 140 cm³/mol. The first-order chi connectivity index (χ1) is 17.9. The first-order valence-electron chi connectivity index (χ1n) is 13.5. The lowest BCUT2D eigenvalue weighted by Crippen LogP contribution is -2.49. The molecule has 3 aliphatic rings. The number of amides is 3. The number of carbonyl (C=O) groups is 3. The minimum atomic E-state index is -0.661. The summed E-state index contributed by atoms with van der Waals surface area (Å²) < 4.78 is 7.21. The second kappa shape index (κ2) is 10.7. The smallest absolute Gasteiger partial charge is 0.270 e. The monoisotopic (exact) mass is 507 g/mol. The van der Waals surface area contributed by atoms with Crippen LogP contribution in [0.5, 0.6) is 0 Å². The molecule has 2 aliphatic heterocycles. The summed E-state index contributed by atoms with van der Waals surface area (Å²) in [5.74, 6) is -0.491. The van der Waals surface area contributed by atoms with Crippen LogP contribution in [0.2, 0.25) is 0 Å². The van der Waals surface area contributed by atoms with Crippen LogP contribution in [0.15, 0.2) is 30.5 Å². The Kier molecular flexibility index (Phi) is 7.33. The topological polar surface area (TPSA) is 114 Å². The lowest BCUT2D eigenvalue weighted by molar-refractivity contribution is -0.126. The molecule has 3 amide bonds. The van der Waals surface area contributed by atoms with Crippen LogP contribution in [0.4, 0.5) is 11.4 Å². The molecule has 1 saturated carbocycles. The van der Waals surface area contributed by atoms with Gasteiger partial charge in [0.05, 0.1) is 11.5 Å². The standard InChI is InChI=1S/C28H37N5O4/c1-18-17-28(13-15-37-18)21-11-10-20(16-22(21)31-27(28)36)30-26(35)24(19-8-6-4-3-5-7-9-19)32-25(34)23-12-14-29-33(23)2/h10-12,14,16,18-19,24H,3-9,13,15,17H2,1-2H3,(H,30,35)(H,31,36)(H,32,34)/t18-,24?,28-/m0/s1. The van der Waals surface area contributed by atoms with Crippen LogP contribution in [-0.2, 0) is 26.8 Å². The molecule has 198 valence electrons. The number of aryl methyl sites for hydroxylation is 1. The zero-order valence-corrected chi connectivity index (χ0v) is 21.7. The average molecular weight is 508 g/mol. The van der Waals surface area contributed by atoms with Gasteiger partial charge in [-0.25, -0.2) is 0 Å². The largest absolute Gasteiger partial charge is 0.378 e. The van der Waals surface area contributed by atoms with Crippen molar-refractivity contribution in [2.24, 2.45) is 13.0 Å². The van der Waals surface area contributed by atoms with Crippen LogP contribution in [-0.4, -0.2) is 46.3 Å². The summed E-state index contributed by atoms with van der Waals surface area (Å²) in [7, 11) is 1.71. The predicted octanol–water partition coefficient (Wildman–Crippen LogP) is 3.91. The lowest BCUT2D eigenvalue weighted by atomic mass is 9.73. The Morgan fingerprint density at radius 2 is 1.92 bits per heavy atom. The third kappa shape index (κ3) is 5.14. The zero-order chi connectivity index (χ0) is 26.0. The Morgan fingerprint density at radius 3 is 2.62 bits per heavy atom. The molecular weight excluding hydrogens is 470 g/mol. The van der Waals surface area contributed by atoms with E-state index in [9.17, 15) is 14.4 Å². The molecule has 3 atom stereocenters. The molecule has 1 aliphatic carbocycles. The van der Waals surface area contributed by atoms with E-state index in [2.05, 4.69) is 21.0 Å². The van der Waals surface area contributed by atoms with Crippen molar-refractivity contribution >= 4 is 29.1 Å². The molecular formula is C28H37N5O4. The maximum absolute atomic E-state index is 13.7. The summed E-state index contributed by atoms with van der Waals surface area (Å²) in [4.78, 5) is 39.7. The second-order valence-corrected chi connectivity index (χ2v) is 10.8. The molecule has 2 fully saturated rings. The van der Waals surface area contributed by atoms with E-state index in [0.717, 1.165) is 49.8 Å². The fourth-order valence-corrected chi connectivity index (χ4v) is 6.29. The van der Waals surface area contributed by atoms with Crippen LogP contribution in [0.1, 0.15) is 80.8 Å². The van der Waals surface area contributed by atoms with E-state index in [-0.39, 0.29) is 29.7 Å². The first kappa shape index (κ1) is 25.4. The van der Waals surface area contributed by atoms with E-state index < -0.39 is 11.5 Å². The molecule has 0 radical (unpaired) electrons. The van der Waals surface area contributed by atoms with Gasteiger partial charge in [0.1, 0.15) is 11.7 Å². The van der Waals surface area contributed by atoms with Gasteiger partial charge in [-0.1, -0.05) is 38.2 Å². The summed E-state index contributed by atoms with van der Waals surface area (Å²) in [5, 5.41) is 13.2. The summed E-state index contributed by atoms with van der Waals surface area (Å²) in [5.41, 5.74) is 2.14. The van der Waals surface area contributed by atoms with Gasteiger partial charge in [-0.05, 0) is 62.3 Å². The van der Waals surface area contributed by atoms with Gasteiger partial charge >= 0.3 is 0 Å². The summed E-state index contributed by atoms with van der Waals surface area (Å²) in [6.45, 7) is 2.54. The average Bonchev–Trinajstić information content (AvgIpc) is 3.38. The number of fused-ring (bicyclic) bond motifs is 2. The quantitative estimate of drug-likeness (QED) is 0.568. The molecule has 1 spiro atoms. The number of ether oxygens (including phenoxy) is 1. The Balaban J connectivity index is 1.36. The fraction of sp³-hybridized carbons (Fsp3) is 0.571. The van der Waals surface area contributed by atoms with E-state index in [0.29, 0.717) is 30.8 Å². The van der Waals surface area contributed by atoms with Crippen molar-refractivity contribution in [3.8, 4) is 0 Å². The first-order valence-corrected chi connectivity index (χ1v) is 13.5. The number of aromatic nitrogens is 2. The number of carbonyl (C=O) groups excluding carboxylic acids is 3. The Morgan fingerprint density at radius 1 is 1.16 bits per heavy atom. The number of nitrogens with zero attached hydrogens (tertiary/aromatic N) is 2. The fourth-order valence-electron chi connectivity index (χ4n) is 6.29. The second-order valence-electron chi connectivity index (χ2n) is 10.8. The van der Waals surface area contributed by atoms with Crippen molar-refractivity contribution in [1.82, 2.24) is 15.1 Å². The van der Waals surface area contributed by atoms with E-state index in [1.807, 2.05) is 25.1 Å². The number of rotatable bonds is 5. The maximum Gasteiger partial charge on any atom is 0.270 e. The molecule has 1 unspecified atom stereocenters. The SMILES string of the molecule is C[C@H]1C[C@]2(CCO1)C(=O)Nc1cc(NC(=O)C(NC(=O)c3ccnn3C)C3CCCCCCC3)ccc12. The van der Waals surface area contributed by atoms with Gasteiger partial charge in [-0.3, -0.25) is 19.1 Å². The third-order valence-electron chi connectivity index (χ3n) is 8.30. The molecule has 37 heavy (non-hydrogen) atoms. The van der Waals surface area contributed by atoms with Gasteiger partial charge in [0.25, 0.3) is 5.91 Å². The summed E-state index contributed by atoms with van der Waals surface area (Å²) in [6.07, 6.45) is 10.3. The summed E-state index contributed by atoms with van der Waals surface area (Å²) >= 11 is 0. The van der Waals surface area contributed by atoms with Crippen molar-refractivity contribution < 1.29 is 19.1 Å². The van der Waals surface area contributed by atoms with Gasteiger partial charge in [-0.15, -0.1) is 0 Å². The maximum atomic E-state index is 13.7. The van der Waals surface area contributed by atoms with Crippen molar-refractivity contribution in [3.05, 3.63) is 41.7 Å². The molecule has 1 saturated heterocycles. The molecule has 1 aromatic heterocycles. The van der Waals surface area contributed by atoms with Crippen LogP contribution >= 0.6 is 0 Å². The number of nitrogens with one attached hydrogen (secondary N) is 3. The number of hydrogen-bond donors (Lipinski definition) is 3. The van der Waals surface area contributed by atoms with Gasteiger partial charge in [0.15, 0.2) is 0 Å². The lowest BCUT2D eigenvalue weighted by Gasteiger charge is -2.35. The Bertz CT molecular complexity index is 1170. The van der Waals surface area contributed by atoms with E-state index in [1.165, 1.54) is 11.1 Å². The van der Waals surface area contributed by atoms with E-state index >= 15 is 0 Å². The van der Waals surface area contributed by atoms with Gasteiger partial charge < -0.3 is 20.7 Å². The van der Waals surface area contributed by atoms with Crippen LogP contribution in [0, 0.1) is 5.92 Å². The summed E-state index contributed by atoms with van der Waals surface area (Å²) in [6, 6.07) is 6.62. The highest BCUT2D eigenvalue weighted by molar-refractivity contribution is 6.07. The molecule has 2 aromatic rings. The molecule has 9 heteroatoms. The highest BCUT2D eigenvalue weighted by Crippen LogP contribution is 2.46. The molecule has 5 rings (SSSR count). The zero-order valence-electron chi connectivity index (χ0n) is 21.7. The number of benzene rings is 1. The third-order valence-corrected chi connectivity index (χ3v) is 8.30. The van der Waals surface area contributed by atoms with Crippen LogP contribution in [0.3, 0.4) is 0 Å². The Labute approximate surface area is 217 Å². The van der Waals surface area contributed by atoms with Gasteiger partial charge in [0.2, 0.25) is 11.8 Å². The number of anilines is 2. The highest BCUT2D eigenvalue weighted by atomic mass is 16.5. The van der Waals surface area contributed by atoms with Crippen molar-refractivity contribution in [2.45, 2.75) is 82.3 Å². The van der Waals surface area contributed by atoms with Gasteiger partial charge in [-0.2, -0.15) is 5.10 Å². The van der Waals surface area contributed by atoms with Crippen LogP contribution in [0.25, 0.3) is 0 Å². The molecule has 9 nitrogen and oxygen atoms in total. The minimum Gasteiger partial charge on any atom is -0.378 e. The molecule has 3 N–H and O–H groups in total. The normalized spacial score (nSPS) is 25.0. The van der Waals surface area contributed by atoms with Crippen molar-refractivity contribution in [1.29, 1.82) is 0 Å². The van der Waals surface area contributed by atoms with Crippen molar-refractivity contribution in [3.63, 3.8) is 0 Å². The highest BCUT2D eigenvalue weighted by Gasteiger charge is 2.49. The molecule has 3 heterocycles. The van der Waals surface area contributed by atoms with Gasteiger partial charge in [0, 0.05) is 31.2 Å². The molecule has 0 bridgehead atoms. The van der Waals surface area contributed by atoms with E-state index in [1.54, 1.807) is 19.3 Å². The molecule has 1 aromatic carbocycles. The Hall–Kier alpha value is -3.20.